The highest BCUT2D eigenvalue weighted by molar-refractivity contribution is 5.85. The normalized spacial score (nSPS) is 21.6. The van der Waals surface area contributed by atoms with E-state index >= 15 is 0 Å². The van der Waals surface area contributed by atoms with Gasteiger partial charge in [-0.25, -0.2) is 0 Å². The summed E-state index contributed by atoms with van der Waals surface area (Å²) in [6.45, 7) is 6.44. The lowest BCUT2D eigenvalue weighted by molar-refractivity contribution is -0.132. The van der Waals surface area contributed by atoms with Gasteiger partial charge in [0.1, 0.15) is 0 Å². The fourth-order valence-corrected chi connectivity index (χ4v) is 3.35. The van der Waals surface area contributed by atoms with Crippen molar-refractivity contribution in [2.75, 3.05) is 45.9 Å². The maximum Gasteiger partial charge on any atom is 0.222 e. The lowest BCUT2D eigenvalue weighted by Crippen LogP contribution is -2.46. The number of hydrogen-bond acceptors (Lipinski definition) is 4. The summed E-state index contributed by atoms with van der Waals surface area (Å²) >= 11 is 0. The standard InChI is InChI=1S/C16H31N3O2.2ClH/c17-8-4-2-1-3-7-16(20)19-9-5-6-15(19)14-18-10-12-21-13-11-18;;/h15H,1-14,17H2;2*1H. The Hall–Kier alpha value is -0.0700. The Morgan fingerprint density at radius 1 is 1.04 bits per heavy atom. The molecular weight excluding hydrogens is 337 g/mol. The van der Waals surface area contributed by atoms with Crippen LogP contribution in [0.15, 0.2) is 0 Å². The molecule has 2 aliphatic heterocycles. The quantitative estimate of drug-likeness (QED) is 0.665. The monoisotopic (exact) mass is 369 g/mol. The number of nitrogens with two attached hydrogens (primary N) is 1. The summed E-state index contributed by atoms with van der Waals surface area (Å²) < 4.78 is 5.39. The van der Waals surface area contributed by atoms with Crippen molar-refractivity contribution in [3.63, 3.8) is 0 Å². The van der Waals surface area contributed by atoms with Crippen LogP contribution in [0.25, 0.3) is 0 Å². The fourth-order valence-electron chi connectivity index (χ4n) is 3.35. The third-order valence-corrected chi connectivity index (χ3v) is 4.61. The molecule has 0 bridgehead atoms. The van der Waals surface area contributed by atoms with Gasteiger partial charge < -0.3 is 15.4 Å². The van der Waals surface area contributed by atoms with E-state index in [4.69, 9.17) is 10.5 Å². The van der Waals surface area contributed by atoms with Crippen LogP contribution in [0, 0.1) is 0 Å². The molecule has 138 valence electrons. The second-order valence-electron chi connectivity index (χ2n) is 6.25. The molecule has 1 atom stereocenters. The predicted molar refractivity (Wildman–Crippen MR) is 98.6 cm³/mol. The van der Waals surface area contributed by atoms with Crippen molar-refractivity contribution >= 4 is 30.7 Å². The first-order valence-corrected chi connectivity index (χ1v) is 8.61. The van der Waals surface area contributed by atoms with Crippen LogP contribution in [-0.4, -0.2) is 67.7 Å². The van der Waals surface area contributed by atoms with Crippen LogP contribution in [0.1, 0.15) is 44.9 Å². The number of carbonyl (C=O) groups excluding carboxylic acids is 1. The third kappa shape index (κ3) is 8.03. The minimum Gasteiger partial charge on any atom is -0.379 e. The van der Waals surface area contributed by atoms with Crippen molar-refractivity contribution in [2.24, 2.45) is 5.73 Å². The summed E-state index contributed by atoms with van der Waals surface area (Å²) in [5.74, 6) is 0.360. The Labute approximate surface area is 153 Å². The lowest BCUT2D eigenvalue weighted by Gasteiger charge is -2.33. The summed E-state index contributed by atoms with van der Waals surface area (Å²) in [6.07, 6.45) is 7.41. The van der Waals surface area contributed by atoms with Gasteiger partial charge in [-0.1, -0.05) is 12.8 Å². The van der Waals surface area contributed by atoms with E-state index < -0.39 is 0 Å². The number of carbonyl (C=O) groups is 1. The molecule has 2 fully saturated rings. The van der Waals surface area contributed by atoms with Crippen LogP contribution in [0.2, 0.25) is 0 Å². The molecule has 2 N–H and O–H groups in total. The summed E-state index contributed by atoms with van der Waals surface area (Å²) in [6, 6.07) is 0.430. The summed E-state index contributed by atoms with van der Waals surface area (Å²) in [4.78, 5) is 17.0. The molecule has 1 unspecified atom stereocenters. The van der Waals surface area contributed by atoms with Crippen LogP contribution in [0.3, 0.4) is 0 Å². The van der Waals surface area contributed by atoms with E-state index in [1.54, 1.807) is 0 Å². The number of halogens is 2. The molecule has 0 spiro atoms. The van der Waals surface area contributed by atoms with Gasteiger partial charge in [-0.2, -0.15) is 0 Å². The smallest absolute Gasteiger partial charge is 0.222 e. The van der Waals surface area contributed by atoms with Crippen molar-refractivity contribution in [2.45, 2.75) is 51.0 Å². The van der Waals surface area contributed by atoms with Crippen LogP contribution < -0.4 is 5.73 Å². The molecule has 7 heteroatoms. The first-order chi connectivity index (χ1) is 10.3. The fraction of sp³-hybridized carbons (Fsp3) is 0.938. The van der Waals surface area contributed by atoms with Crippen molar-refractivity contribution in [1.29, 1.82) is 0 Å². The molecule has 0 aromatic carbocycles. The second-order valence-corrected chi connectivity index (χ2v) is 6.25. The van der Waals surface area contributed by atoms with Gasteiger partial charge in [0.2, 0.25) is 5.91 Å². The van der Waals surface area contributed by atoms with Gasteiger partial charge in [0.05, 0.1) is 13.2 Å². The number of amides is 1. The van der Waals surface area contributed by atoms with Gasteiger partial charge in [0, 0.05) is 38.6 Å². The molecule has 2 heterocycles. The van der Waals surface area contributed by atoms with E-state index in [9.17, 15) is 4.79 Å². The summed E-state index contributed by atoms with van der Waals surface area (Å²) in [5, 5.41) is 0. The van der Waals surface area contributed by atoms with Gasteiger partial charge in [0.25, 0.3) is 0 Å². The van der Waals surface area contributed by atoms with E-state index in [1.165, 1.54) is 0 Å². The zero-order chi connectivity index (χ0) is 14.9. The Balaban J connectivity index is 0.00000242. The maximum atomic E-state index is 12.4. The molecule has 0 aliphatic carbocycles. The number of unbranched alkanes of at least 4 members (excludes halogenated alkanes) is 3. The molecule has 1 amide bonds. The topological polar surface area (TPSA) is 58.8 Å². The summed E-state index contributed by atoms with van der Waals surface area (Å²) in [5.41, 5.74) is 5.49. The van der Waals surface area contributed by atoms with E-state index in [0.717, 1.165) is 84.5 Å². The van der Waals surface area contributed by atoms with E-state index in [-0.39, 0.29) is 24.8 Å². The largest absolute Gasteiger partial charge is 0.379 e. The molecule has 0 aromatic rings. The zero-order valence-electron chi connectivity index (χ0n) is 14.1. The zero-order valence-corrected chi connectivity index (χ0v) is 15.7. The molecule has 0 aromatic heterocycles. The SMILES string of the molecule is Cl.Cl.NCCCCCCC(=O)N1CCCC1CN1CCOCC1. The third-order valence-electron chi connectivity index (χ3n) is 4.61. The maximum absolute atomic E-state index is 12.4. The number of likely N-dealkylation sites (tertiary alicyclic amines) is 1. The van der Waals surface area contributed by atoms with Gasteiger partial charge in [-0.15, -0.1) is 24.8 Å². The lowest BCUT2D eigenvalue weighted by atomic mass is 10.1. The van der Waals surface area contributed by atoms with Crippen LogP contribution in [-0.2, 0) is 9.53 Å². The van der Waals surface area contributed by atoms with E-state index in [2.05, 4.69) is 9.80 Å². The van der Waals surface area contributed by atoms with Gasteiger partial charge in [-0.05, 0) is 32.2 Å². The van der Waals surface area contributed by atoms with E-state index in [1.807, 2.05) is 0 Å². The molecule has 0 saturated carbocycles. The van der Waals surface area contributed by atoms with Crippen LogP contribution in [0.4, 0.5) is 0 Å². The van der Waals surface area contributed by atoms with Crippen molar-refractivity contribution < 1.29 is 9.53 Å². The van der Waals surface area contributed by atoms with Gasteiger partial charge in [0.15, 0.2) is 0 Å². The Kier molecular flexibility index (Phi) is 13.2. The second kappa shape index (κ2) is 13.2. The molecular formula is C16H33Cl2N3O2. The molecule has 5 nitrogen and oxygen atoms in total. The van der Waals surface area contributed by atoms with Gasteiger partial charge in [-0.3, -0.25) is 9.69 Å². The number of nitrogens with zero attached hydrogens (tertiary/aromatic N) is 2. The van der Waals surface area contributed by atoms with Crippen molar-refractivity contribution in [1.82, 2.24) is 9.80 Å². The Morgan fingerprint density at radius 2 is 1.74 bits per heavy atom. The van der Waals surface area contributed by atoms with Crippen molar-refractivity contribution in [3.8, 4) is 0 Å². The van der Waals surface area contributed by atoms with Crippen molar-refractivity contribution in [3.05, 3.63) is 0 Å². The molecule has 2 aliphatic rings. The number of morpholine rings is 1. The highest BCUT2D eigenvalue weighted by atomic mass is 35.5. The Bertz CT molecular complexity index is 316. The predicted octanol–water partition coefficient (Wildman–Crippen LogP) is 2.06. The first kappa shape index (κ1) is 22.9. The average molecular weight is 370 g/mol. The number of hydrogen-bond donors (Lipinski definition) is 1. The minimum atomic E-state index is 0. The van der Waals surface area contributed by atoms with Crippen LogP contribution >= 0.6 is 24.8 Å². The molecule has 23 heavy (non-hydrogen) atoms. The van der Waals surface area contributed by atoms with E-state index in [0.29, 0.717) is 18.4 Å². The highest BCUT2D eigenvalue weighted by Gasteiger charge is 2.29. The summed E-state index contributed by atoms with van der Waals surface area (Å²) in [7, 11) is 0. The molecule has 2 saturated heterocycles. The molecule has 2 rings (SSSR count). The average Bonchev–Trinajstić information content (AvgIpc) is 2.96. The number of ether oxygens (including phenoxy) is 1. The van der Waals surface area contributed by atoms with Gasteiger partial charge >= 0.3 is 0 Å². The molecule has 0 radical (unpaired) electrons. The minimum absolute atomic E-state index is 0. The first-order valence-electron chi connectivity index (χ1n) is 8.61. The highest BCUT2D eigenvalue weighted by Crippen LogP contribution is 2.20. The Morgan fingerprint density at radius 3 is 2.43 bits per heavy atom. The van der Waals surface area contributed by atoms with Crippen LogP contribution in [0.5, 0.6) is 0 Å². The number of rotatable bonds is 8.